The van der Waals surface area contributed by atoms with E-state index in [1.165, 1.54) is 0 Å². The van der Waals surface area contributed by atoms with Gasteiger partial charge in [0.25, 0.3) is 0 Å². The smallest absolute Gasteiger partial charge is 0.181 e. The lowest BCUT2D eigenvalue weighted by Crippen LogP contribution is -2.20. The van der Waals surface area contributed by atoms with Crippen molar-refractivity contribution in [2.45, 2.75) is 6.92 Å². The second kappa shape index (κ2) is 6.02. The fraction of sp³-hybridized carbons (Fsp3) is 0.417. The number of hydrogen-bond acceptors (Lipinski definition) is 4. The van der Waals surface area contributed by atoms with E-state index < -0.39 is 0 Å². The van der Waals surface area contributed by atoms with Gasteiger partial charge in [-0.15, -0.1) is 0 Å². The van der Waals surface area contributed by atoms with Crippen LogP contribution in [0.5, 0.6) is 11.5 Å². The number of carbonyl (C=O) groups excluding carboxylic acids is 1. The molecule has 0 saturated heterocycles. The Morgan fingerprint density at radius 2 is 2.06 bits per heavy atom. The van der Waals surface area contributed by atoms with E-state index in [1.807, 2.05) is 6.92 Å². The molecule has 0 radical (unpaired) electrons. The molecule has 0 fully saturated rings. The number of aryl methyl sites for hydroxylation is 1. The van der Waals surface area contributed by atoms with Crippen LogP contribution in [0.4, 0.5) is 0 Å². The second-order valence-electron chi connectivity index (χ2n) is 3.57. The van der Waals surface area contributed by atoms with E-state index >= 15 is 0 Å². The number of halogens is 1. The Bertz CT molecular complexity index is 432. The molecule has 0 unspecified atom stereocenters. The first-order chi connectivity index (χ1) is 8.06. The molecular weight excluding hydrogens is 286 g/mol. The number of hydrogen-bond donors (Lipinski definition) is 1. The van der Waals surface area contributed by atoms with Gasteiger partial charge in [0.15, 0.2) is 5.78 Å². The van der Waals surface area contributed by atoms with E-state index in [2.05, 4.69) is 21.2 Å². The summed E-state index contributed by atoms with van der Waals surface area (Å²) in [5.74, 6) is 1.16. The van der Waals surface area contributed by atoms with Gasteiger partial charge in [0.2, 0.25) is 0 Å². The standard InChI is InChI=1S/C12H16BrNO3/c1-7-5-9(16-3)10(8(15)6-14-2)11(13)12(7)17-4/h5,14H,6H2,1-4H3. The van der Waals surface area contributed by atoms with Gasteiger partial charge in [0, 0.05) is 0 Å². The molecule has 0 aliphatic rings. The van der Waals surface area contributed by atoms with Crippen molar-refractivity contribution in [1.29, 1.82) is 0 Å². The van der Waals surface area contributed by atoms with Crippen LogP contribution in [0.2, 0.25) is 0 Å². The van der Waals surface area contributed by atoms with Gasteiger partial charge in [-0.25, -0.2) is 0 Å². The molecule has 4 nitrogen and oxygen atoms in total. The minimum absolute atomic E-state index is 0.0467. The van der Waals surface area contributed by atoms with E-state index in [0.29, 0.717) is 21.5 Å². The minimum atomic E-state index is -0.0467. The Labute approximate surface area is 109 Å². The van der Waals surface area contributed by atoms with E-state index in [9.17, 15) is 4.79 Å². The Kier molecular flexibility index (Phi) is 4.96. The molecule has 0 saturated carbocycles. The molecule has 0 amide bonds. The minimum Gasteiger partial charge on any atom is -0.496 e. The quantitative estimate of drug-likeness (QED) is 0.847. The number of methoxy groups -OCH3 is 2. The van der Waals surface area contributed by atoms with Gasteiger partial charge in [-0.1, -0.05) is 0 Å². The highest BCUT2D eigenvalue weighted by Crippen LogP contribution is 2.38. The molecule has 1 N–H and O–H groups in total. The van der Waals surface area contributed by atoms with Gasteiger partial charge in [0.1, 0.15) is 11.5 Å². The lowest BCUT2D eigenvalue weighted by atomic mass is 10.1. The Hall–Kier alpha value is -1.07. The van der Waals surface area contributed by atoms with Crippen LogP contribution >= 0.6 is 15.9 Å². The largest absolute Gasteiger partial charge is 0.496 e. The summed E-state index contributed by atoms with van der Waals surface area (Å²) in [6.07, 6.45) is 0. The molecule has 0 aliphatic carbocycles. The van der Waals surface area contributed by atoms with Crippen LogP contribution in [-0.2, 0) is 0 Å². The summed E-state index contributed by atoms with van der Waals surface area (Å²) in [7, 11) is 4.85. The van der Waals surface area contributed by atoms with Crippen LogP contribution < -0.4 is 14.8 Å². The van der Waals surface area contributed by atoms with Crippen LogP contribution in [0.1, 0.15) is 15.9 Å². The molecule has 5 heteroatoms. The molecule has 1 aromatic carbocycles. The molecule has 17 heavy (non-hydrogen) atoms. The predicted molar refractivity (Wildman–Crippen MR) is 70.2 cm³/mol. The Morgan fingerprint density at radius 3 is 2.53 bits per heavy atom. The molecule has 0 spiro atoms. The number of ether oxygens (including phenoxy) is 2. The van der Waals surface area contributed by atoms with Crippen LogP contribution in [0, 0.1) is 6.92 Å². The van der Waals surface area contributed by atoms with E-state index in [0.717, 1.165) is 5.56 Å². The number of ketones is 1. The van der Waals surface area contributed by atoms with Gasteiger partial charge in [0.05, 0.1) is 30.8 Å². The number of rotatable bonds is 5. The van der Waals surface area contributed by atoms with Gasteiger partial charge < -0.3 is 14.8 Å². The van der Waals surface area contributed by atoms with Crippen LogP contribution in [0.3, 0.4) is 0 Å². The second-order valence-corrected chi connectivity index (χ2v) is 4.36. The number of likely N-dealkylation sites (N-methyl/N-ethyl adjacent to an activating group) is 1. The Balaban J connectivity index is 3.39. The van der Waals surface area contributed by atoms with Crippen molar-refractivity contribution < 1.29 is 14.3 Å². The van der Waals surface area contributed by atoms with Gasteiger partial charge in [-0.3, -0.25) is 4.79 Å². The van der Waals surface area contributed by atoms with Crippen molar-refractivity contribution in [3.63, 3.8) is 0 Å². The van der Waals surface area contributed by atoms with Gasteiger partial charge in [-0.2, -0.15) is 0 Å². The summed E-state index contributed by atoms with van der Waals surface area (Å²) in [5, 5.41) is 2.83. The van der Waals surface area contributed by atoms with E-state index in [-0.39, 0.29) is 12.3 Å². The lowest BCUT2D eigenvalue weighted by molar-refractivity contribution is 0.0989. The maximum Gasteiger partial charge on any atom is 0.181 e. The van der Waals surface area contributed by atoms with Crippen LogP contribution in [-0.4, -0.2) is 33.6 Å². The fourth-order valence-corrected chi connectivity index (χ4v) is 2.54. The summed E-state index contributed by atoms with van der Waals surface area (Å²) in [6.45, 7) is 2.15. The van der Waals surface area contributed by atoms with E-state index in [4.69, 9.17) is 9.47 Å². The molecule has 94 valence electrons. The molecule has 0 bridgehead atoms. The number of nitrogens with one attached hydrogen (secondary N) is 1. The highest BCUT2D eigenvalue weighted by atomic mass is 79.9. The first-order valence-corrected chi connectivity index (χ1v) is 5.95. The summed E-state index contributed by atoms with van der Waals surface area (Å²) >= 11 is 3.40. The Morgan fingerprint density at radius 1 is 1.41 bits per heavy atom. The molecule has 0 atom stereocenters. The molecule has 0 aliphatic heterocycles. The number of carbonyl (C=O) groups is 1. The number of benzene rings is 1. The average Bonchev–Trinajstić information content (AvgIpc) is 2.28. The predicted octanol–water partition coefficient (Wildman–Crippen LogP) is 2.18. The van der Waals surface area contributed by atoms with Crippen LogP contribution in [0.25, 0.3) is 0 Å². The molecule has 1 aromatic rings. The van der Waals surface area contributed by atoms with E-state index in [1.54, 1.807) is 27.3 Å². The normalized spacial score (nSPS) is 10.2. The average molecular weight is 302 g/mol. The van der Waals surface area contributed by atoms with Crippen molar-refractivity contribution in [3.05, 3.63) is 21.7 Å². The third-order valence-corrected chi connectivity index (χ3v) is 3.17. The number of Topliss-reactive ketones (excluding diaryl/α,β-unsaturated/α-hetero) is 1. The zero-order valence-corrected chi connectivity index (χ0v) is 12.0. The molecule has 0 heterocycles. The SMILES string of the molecule is CNCC(=O)c1c(OC)cc(C)c(OC)c1Br. The monoisotopic (exact) mass is 301 g/mol. The highest BCUT2D eigenvalue weighted by Gasteiger charge is 2.20. The molecule has 0 aromatic heterocycles. The zero-order chi connectivity index (χ0) is 13.0. The fourth-order valence-electron chi connectivity index (χ4n) is 1.65. The lowest BCUT2D eigenvalue weighted by Gasteiger charge is -2.15. The first kappa shape index (κ1) is 14.0. The zero-order valence-electron chi connectivity index (χ0n) is 10.4. The van der Waals surface area contributed by atoms with Gasteiger partial charge >= 0.3 is 0 Å². The highest BCUT2D eigenvalue weighted by molar-refractivity contribution is 9.10. The van der Waals surface area contributed by atoms with Crippen molar-refractivity contribution in [2.75, 3.05) is 27.8 Å². The molecular formula is C12H16BrNO3. The summed E-state index contributed by atoms with van der Waals surface area (Å²) in [6, 6.07) is 1.80. The summed E-state index contributed by atoms with van der Waals surface area (Å²) < 4.78 is 11.1. The summed E-state index contributed by atoms with van der Waals surface area (Å²) in [4.78, 5) is 12.0. The van der Waals surface area contributed by atoms with Crippen molar-refractivity contribution >= 4 is 21.7 Å². The first-order valence-electron chi connectivity index (χ1n) is 5.15. The topological polar surface area (TPSA) is 47.6 Å². The third-order valence-electron chi connectivity index (χ3n) is 2.41. The van der Waals surface area contributed by atoms with Crippen molar-refractivity contribution in [3.8, 4) is 11.5 Å². The maximum atomic E-state index is 12.0. The third kappa shape index (κ3) is 2.79. The van der Waals surface area contributed by atoms with Crippen molar-refractivity contribution in [1.82, 2.24) is 5.32 Å². The van der Waals surface area contributed by atoms with Crippen LogP contribution in [0.15, 0.2) is 10.5 Å². The van der Waals surface area contributed by atoms with Gasteiger partial charge in [-0.05, 0) is 41.5 Å². The maximum absolute atomic E-state index is 12.0. The van der Waals surface area contributed by atoms with Crippen molar-refractivity contribution in [2.24, 2.45) is 0 Å². The summed E-state index contributed by atoms with van der Waals surface area (Å²) in [5.41, 5.74) is 1.42. The molecule has 1 rings (SSSR count).